The van der Waals surface area contributed by atoms with Crippen LogP contribution in [0.4, 0.5) is 5.69 Å². The summed E-state index contributed by atoms with van der Waals surface area (Å²) < 4.78 is 11.4. The first-order chi connectivity index (χ1) is 9.79. The summed E-state index contributed by atoms with van der Waals surface area (Å²) in [6.45, 7) is 1.66. The molecule has 1 amide bonds. The first-order valence-electron chi connectivity index (χ1n) is 7.13. The van der Waals surface area contributed by atoms with Gasteiger partial charge in [0.15, 0.2) is 0 Å². The molecule has 0 aliphatic carbocycles. The van der Waals surface area contributed by atoms with E-state index in [2.05, 4.69) is 5.32 Å². The Morgan fingerprint density at radius 1 is 1.40 bits per heavy atom. The molecule has 0 aromatic heterocycles. The summed E-state index contributed by atoms with van der Waals surface area (Å²) in [4.78, 5) is 11.6. The average Bonchev–Trinajstić information content (AvgIpc) is 2.48. The van der Waals surface area contributed by atoms with Crippen LogP contribution >= 0.6 is 0 Å². The van der Waals surface area contributed by atoms with Gasteiger partial charge in [-0.3, -0.25) is 4.79 Å². The summed E-state index contributed by atoms with van der Waals surface area (Å²) in [6, 6.07) is 7.42. The zero-order valence-corrected chi connectivity index (χ0v) is 11.6. The van der Waals surface area contributed by atoms with Gasteiger partial charge in [0.2, 0.25) is 5.91 Å². The van der Waals surface area contributed by atoms with Gasteiger partial charge in [-0.05, 0) is 31.4 Å². The number of benzene rings is 1. The van der Waals surface area contributed by atoms with Crippen LogP contribution in [0.15, 0.2) is 24.3 Å². The van der Waals surface area contributed by atoms with Crippen LogP contribution in [0.2, 0.25) is 0 Å². The largest absolute Gasteiger partial charge is 0.489 e. The Morgan fingerprint density at radius 3 is 3.00 bits per heavy atom. The van der Waals surface area contributed by atoms with Gasteiger partial charge in [0.1, 0.15) is 12.4 Å². The van der Waals surface area contributed by atoms with E-state index in [-0.39, 0.29) is 12.0 Å². The number of hydrogen-bond donors (Lipinski definition) is 2. The molecule has 110 valence electrons. The van der Waals surface area contributed by atoms with Crippen LogP contribution in [0, 0.1) is 0 Å². The van der Waals surface area contributed by atoms with Crippen molar-refractivity contribution in [2.45, 2.75) is 31.8 Å². The summed E-state index contributed by atoms with van der Waals surface area (Å²) in [5.74, 6) is 0.574. The van der Waals surface area contributed by atoms with Gasteiger partial charge in [0, 0.05) is 19.6 Å². The highest BCUT2D eigenvalue weighted by molar-refractivity contribution is 5.92. The topological polar surface area (TPSA) is 73.6 Å². The summed E-state index contributed by atoms with van der Waals surface area (Å²) >= 11 is 0. The molecule has 3 N–H and O–H groups in total. The van der Waals surface area contributed by atoms with Gasteiger partial charge in [-0.15, -0.1) is 0 Å². The molecule has 0 bridgehead atoms. The van der Waals surface area contributed by atoms with E-state index in [4.69, 9.17) is 15.2 Å². The number of nitrogens with one attached hydrogen (secondary N) is 1. The molecule has 1 atom stereocenters. The zero-order chi connectivity index (χ0) is 14.2. The lowest BCUT2D eigenvalue weighted by Crippen LogP contribution is -2.26. The van der Waals surface area contributed by atoms with Crippen LogP contribution in [0.5, 0.6) is 5.75 Å². The minimum Gasteiger partial charge on any atom is -0.489 e. The molecule has 1 aromatic carbocycles. The van der Waals surface area contributed by atoms with Crippen molar-refractivity contribution in [3.63, 3.8) is 0 Å². The number of anilines is 1. The zero-order valence-electron chi connectivity index (χ0n) is 11.6. The predicted octanol–water partition coefficient (Wildman–Crippen LogP) is 1.92. The summed E-state index contributed by atoms with van der Waals surface area (Å²) in [6.07, 6.45) is 3.80. The van der Waals surface area contributed by atoms with Crippen LogP contribution in [-0.2, 0) is 9.53 Å². The van der Waals surface area contributed by atoms with Gasteiger partial charge in [-0.1, -0.05) is 12.1 Å². The third-order valence-corrected chi connectivity index (χ3v) is 3.23. The second-order valence-electron chi connectivity index (χ2n) is 4.88. The van der Waals surface area contributed by atoms with Gasteiger partial charge >= 0.3 is 0 Å². The lowest BCUT2D eigenvalue weighted by Gasteiger charge is -2.23. The van der Waals surface area contributed by atoms with E-state index in [0.717, 1.165) is 19.4 Å². The Kier molecular flexibility index (Phi) is 5.83. The summed E-state index contributed by atoms with van der Waals surface area (Å²) in [5.41, 5.74) is 6.05. The molecule has 20 heavy (non-hydrogen) atoms. The lowest BCUT2D eigenvalue weighted by molar-refractivity contribution is -0.116. The number of nitrogens with two attached hydrogens (primary N) is 1. The summed E-state index contributed by atoms with van der Waals surface area (Å²) in [7, 11) is 0. The molecule has 1 heterocycles. The Hall–Kier alpha value is -1.59. The quantitative estimate of drug-likeness (QED) is 0.833. The number of para-hydroxylation sites is 2. The van der Waals surface area contributed by atoms with Crippen molar-refractivity contribution in [3.05, 3.63) is 24.3 Å². The van der Waals surface area contributed by atoms with Crippen molar-refractivity contribution in [3.8, 4) is 5.75 Å². The van der Waals surface area contributed by atoms with Gasteiger partial charge < -0.3 is 20.5 Å². The average molecular weight is 278 g/mol. The highest BCUT2D eigenvalue weighted by Gasteiger charge is 2.15. The molecule has 5 heteroatoms. The number of amides is 1. The van der Waals surface area contributed by atoms with Crippen LogP contribution in [0.3, 0.4) is 0 Å². The molecule has 1 fully saturated rings. The Bertz CT molecular complexity index is 431. The van der Waals surface area contributed by atoms with E-state index in [1.165, 1.54) is 6.42 Å². The molecule has 1 aliphatic heterocycles. The highest BCUT2D eigenvalue weighted by Crippen LogP contribution is 2.25. The van der Waals surface area contributed by atoms with E-state index in [0.29, 0.717) is 31.0 Å². The first-order valence-corrected chi connectivity index (χ1v) is 7.13. The number of ether oxygens (including phenoxy) is 2. The molecule has 2 rings (SSSR count). The first kappa shape index (κ1) is 14.8. The predicted molar refractivity (Wildman–Crippen MR) is 77.8 cm³/mol. The van der Waals surface area contributed by atoms with Crippen molar-refractivity contribution in [1.29, 1.82) is 0 Å². The maximum atomic E-state index is 11.6. The fourth-order valence-electron chi connectivity index (χ4n) is 2.16. The van der Waals surface area contributed by atoms with Gasteiger partial charge in [0.05, 0.1) is 11.8 Å². The normalized spacial score (nSPS) is 18.6. The molecule has 0 spiro atoms. The number of carbonyl (C=O) groups is 1. The number of rotatable bonds is 6. The van der Waals surface area contributed by atoms with Crippen LogP contribution in [-0.4, -0.2) is 31.8 Å². The molecule has 5 nitrogen and oxygen atoms in total. The molecule has 1 saturated heterocycles. The van der Waals surface area contributed by atoms with Gasteiger partial charge in [-0.2, -0.15) is 0 Å². The van der Waals surface area contributed by atoms with E-state index >= 15 is 0 Å². The fourth-order valence-corrected chi connectivity index (χ4v) is 2.16. The second-order valence-corrected chi connectivity index (χ2v) is 4.88. The highest BCUT2D eigenvalue weighted by atomic mass is 16.5. The van der Waals surface area contributed by atoms with Crippen LogP contribution < -0.4 is 15.8 Å². The molecule has 0 saturated carbocycles. The van der Waals surface area contributed by atoms with Gasteiger partial charge in [-0.25, -0.2) is 0 Å². The fraction of sp³-hybridized carbons (Fsp3) is 0.533. The van der Waals surface area contributed by atoms with E-state index < -0.39 is 0 Å². The Balaban J connectivity index is 1.91. The third-order valence-electron chi connectivity index (χ3n) is 3.23. The van der Waals surface area contributed by atoms with E-state index in [1.807, 2.05) is 24.3 Å². The summed E-state index contributed by atoms with van der Waals surface area (Å²) in [5, 5.41) is 2.81. The smallest absolute Gasteiger partial charge is 0.225 e. The monoisotopic (exact) mass is 278 g/mol. The SMILES string of the molecule is NCCC(=O)Nc1ccccc1OCC1CCCCO1. The Morgan fingerprint density at radius 2 is 2.25 bits per heavy atom. The van der Waals surface area contributed by atoms with Crippen molar-refractivity contribution < 1.29 is 14.3 Å². The van der Waals surface area contributed by atoms with Crippen LogP contribution in [0.1, 0.15) is 25.7 Å². The lowest BCUT2D eigenvalue weighted by atomic mass is 10.1. The van der Waals surface area contributed by atoms with Crippen molar-refractivity contribution >= 4 is 11.6 Å². The van der Waals surface area contributed by atoms with Crippen molar-refractivity contribution in [2.75, 3.05) is 25.1 Å². The third kappa shape index (κ3) is 4.51. The van der Waals surface area contributed by atoms with Crippen LogP contribution in [0.25, 0.3) is 0 Å². The minimum atomic E-state index is -0.0996. The molecule has 1 aromatic rings. The Labute approximate surface area is 119 Å². The van der Waals surface area contributed by atoms with Crippen molar-refractivity contribution in [1.82, 2.24) is 0 Å². The number of carbonyl (C=O) groups excluding carboxylic acids is 1. The second kappa shape index (κ2) is 7.87. The number of hydrogen-bond acceptors (Lipinski definition) is 4. The minimum absolute atomic E-state index is 0.0996. The van der Waals surface area contributed by atoms with E-state index in [9.17, 15) is 4.79 Å². The molecule has 0 radical (unpaired) electrons. The molecule has 1 aliphatic rings. The molecule has 1 unspecified atom stereocenters. The molecular weight excluding hydrogens is 256 g/mol. The maximum absolute atomic E-state index is 11.6. The van der Waals surface area contributed by atoms with E-state index in [1.54, 1.807) is 0 Å². The van der Waals surface area contributed by atoms with Crippen molar-refractivity contribution in [2.24, 2.45) is 5.73 Å². The standard InChI is InChI=1S/C15H22N2O3/c16-9-8-15(18)17-13-6-1-2-7-14(13)20-11-12-5-3-4-10-19-12/h1-2,6-7,12H,3-5,8-11,16H2,(H,17,18). The maximum Gasteiger partial charge on any atom is 0.225 e. The van der Waals surface area contributed by atoms with Gasteiger partial charge in [0.25, 0.3) is 0 Å². The molecular formula is C15H22N2O3.